The fourth-order valence-electron chi connectivity index (χ4n) is 10.2. The lowest BCUT2D eigenvalue weighted by atomic mass is 9.82. The van der Waals surface area contributed by atoms with Crippen molar-refractivity contribution in [2.75, 3.05) is 9.80 Å². The molecular weight excluding hydrogens is 737 g/mol. The molecule has 0 radical (unpaired) electrons. The smallest absolute Gasteiger partial charge is 0.0546 e. The summed E-state index contributed by atoms with van der Waals surface area (Å²) in [5, 5.41) is 12.4. The van der Waals surface area contributed by atoms with E-state index >= 15 is 0 Å². The van der Waals surface area contributed by atoms with E-state index < -0.39 is 0 Å². The summed E-state index contributed by atoms with van der Waals surface area (Å²) in [6.45, 7) is 4.80. The van der Waals surface area contributed by atoms with E-state index in [1.807, 2.05) is 0 Å². The second kappa shape index (κ2) is 13.7. The zero-order valence-electron chi connectivity index (χ0n) is 34.2. The molecule has 0 unspecified atom stereocenters. The van der Waals surface area contributed by atoms with E-state index in [2.05, 4.69) is 242 Å². The molecule has 2 nitrogen and oxygen atoms in total. The lowest BCUT2D eigenvalue weighted by Crippen LogP contribution is -2.18. The second-order valence-corrected chi connectivity index (χ2v) is 16.9. The average Bonchev–Trinajstić information content (AvgIpc) is 3.54. The van der Waals surface area contributed by atoms with Crippen molar-refractivity contribution in [2.24, 2.45) is 0 Å². The van der Waals surface area contributed by atoms with Crippen molar-refractivity contribution in [2.45, 2.75) is 19.3 Å². The van der Waals surface area contributed by atoms with E-state index in [1.165, 1.54) is 93.2 Å². The molecule has 0 fully saturated rings. The molecule has 0 heterocycles. The van der Waals surface area contributed by atoms with Crippen molar-refractivity contribution in [3.8, 4) is 11.1 Å². The van der Waals surface area contributed by atoms with E-state index in [4.69, 9.17) is 0 Å². The van der Waals surface area contributed by atoms with E-state index in [1.54, 1.807) is 0 Å². The van der Waals surface area contributed by atoms with Gasteiger partial charge in [0.2, 0.25) is 0 Å². The highest BCUT2D eigenvalue weighted by molar-refractivity contribution is 6.19. The fraction of sp³-hybridized carbons (Fsp3) is 0.0508. The molecule has 288 valence electrons. The van der Waals surface area contributed by atoms with Crippen LogP contribution in [0.15, 0.2) is 218 Å². The third-order valence-electron chi connectivity index (χ3n) is 13.2. The van der Waals surface area contributed by atoms with Crippen molar-refractivity contribution in [3.05, 3.63) is 230 Å². The van der Waals surface area contributed by atoms with Gasteiger partial charge in [-0.25, -0.2) is 0 Å². The number of para-hydroxylation sites is 1. The lowest BCUT2D eigenvalue weighted by molar-refractivity contribution is 0.660. The Balaban J connectivity index is 1.07. The summed E-state index contributed by atoms with van der Waals surface area (Å²) >= 11 is 0. The Morgan fingerprint density at radius 1 is 0.279 bits per heavy atom. The van der Waals surface area contributed by atoms with Crippen LogP contribution in [0.25, 0.3) is 65.0 Å². The van der Waals surface area contributed by atoms with Crippen LogP contribution < -0.4 is 9.80 Å². The number of benzene rings is 11. The van der Waals surface area contributed by atoms with E-state index in [-0.39, 0.29) is 5.41 Å². The molecule has 0 bridgehead atoms. The maximum atomic E-state index is 2.53. The van der Waals surface area contributed by atoms with Crippen LogP contribution in [0, 0.1) is 0 Å². The quantitative estimate of drug-likeness (QED) is 0.155. The molecule has 0 saturated carbocycles. The minimum Gasteiger partial charge on any atom is -0.310 e. The molecule has 12 rings (SSSR count). The van der Waals surface area contributed by atoms with Crippen molar-refractivity contribution in [1.82, 2.24) is 0 Å². The lowest BCUT2D eigenvalue weighted by Gasteiger charge is -2.31. The maximum absolute atomic E-state index is 2.53. The standard InChI is InChI=1S/C59H42N2/c1-59(2)54-37-43(60(42-21-4-3-5-22-42)56-30-16-20-39-17-6-11-25-47(39)56)31-33-50(54)51-34-32-44(38-55(51)59)61(57-35-40-18-7-9-23-45(40)48-26-12-14-28-52(48)57)58-36-41-19-8-10-24-46(41)49-27-13-15-29-53(49)58/h3-38H,1-2H3. The second-order valence-electron chi connectivity index (χ2n) is 16.9. The van der Waals surface area contributed by atoms with Gasteiger partial charge in [0.25, 0.3) is 0 Å². The topological polar surface area (TPSA) is 6.48 Å². The summed E-state index contributed by atoms with van der Waals surface area (Å²) in [4.78, 5) is 4.95. The Kier molecular flexibility index (Phi) is 7.92. The van der Waals surface area contributed by atoms with Crippen molar-refractivity contribution < 1.29 is 0 Å². The van der Waals surface area contributed by atoms with Crippen LogP contribution in [0.3, 0.4) is 0 Å². The molecule has 11 aromatic rings. The zero-order chi connectivity index (χ0) is 40.7. The molecule has 0 spiro atoms. The largest absolute Gasteiger partial charge is 0.310 e. The molecular formula is C59H42N2. The Hall–Kier alpha value is -7.68. The summed E-state index contributed by atoms with van der Waals surface area (Å²) in [6, 6.07) is 80.6. The minimum atomic E-state index is -0.277. The molecule has 1 aliphatic rings. The van der Waals surface area contributed by atoms with Crippen LogP contribution in [0.5, 0.6) is 0 Å². The van der Waals surface area contributed by atoms with Gasteiger partial charge in [-0.3, -0.25) is 0 Å². The predicted molar refractivity (Wildman–Crippen MR) is 261 cm³/mol. The van der Waals surface area contributed by atoms with Gasteiger partial charge in [0, 0.05) is 38.6 Å². The highest BCUT2D eigenvalue weighted by Crippen LogP contribution is 2.54. The van der Waals surface area contributed by atoms with Crippen LogP contribution in [-0.4, -0.2) is 0 Å². The monoisotopic (exact) mass is 778 g/mol. The van der Waals surface area contributed by atoms with Gasteiger partial charge < -0.3 is 9.80 Å². The molecule has 0 amide bonds. The van der Waals surface area contributed by atoms with E-state index in [9.17, 15) is 0 Å². The van der Waals surface area contributed by atoms with Crippen molar-refractivity contribution in [3.63, 3.8) is 0 Å². The summed E-state index contributed by atoms with van der Waals surface area (Å²) < 4.78 is 0. The maximum Gasteiger partial charge on any atom is 0.0546 e. The molecule has 0 N–H and O–H groups in total. The van der Waals surface area contributed by atoms with Gasteiger partial charge in [0.1, 0.15) is 0 Å². The van der Waals surface area contributed by atoms with Crippen molar-refractivity contribution in [1.29, 1.82) is 0 Å². The Morgan fingerprint density at radius 3 is 1.26 bits per heavy atom. The van der Waals surface area contributed by atoms with Gasteiger partial charge in [0.05, 0.1) is 17.1 Å². The zero-order valence-corrected chi connectivity index (χ0v) is 34.2. The summed E-state index contributed by atoms with van der Waals surface area (Å²) in [5.41, 5.74) is 11.9. The first-order valence-corrected chi connectivity index (χ1v) is 21.3. The first-order chi connectivity index (χ1) is 30.0. The van der Waals surface area contributed by atoms with Crippen molar-refractivity contribution >= 4 is 88.0 Å². The van der Waals surface area contributed by atoms with Crippen LogP contribution in [0.1, 0.15) is 25.0 Å². The van der Waals surface area contributed by atoms with E-state index in [0.29, 0.717) is 0 Å². The van der Waals surface area contributed by atoms with Gasteiger partial charge in [-0.2, -0.15) is 0 Å². The Morgan fingerprint density at radius 2 is 0.705 bits per heavy atom. The molecule has 0 atom stereocenters. The third kappa shape index (κ3) is 5.49. The summed E-state index contributed by atoms with van der Waals surface area (Å²) in [5.74, 6) is 0. The van der Waals surface area contributed by atoms with Gasteiger partial charge in [0.15, 0.2) is 0 Å². The highest BCUT2D eigenvalue weighted by Gasteiger charge is 2.37. The molecule has 61 heavy (non-hydrogen) atoms. The molecule has 1 aliphatic carbocycles. The van der Waals surface area contributed by atoms with Gasteiger partial charge in [-0.15, -0.1) is 0 Å². The minimum absolute atomic E-state index is 0.277. The third-order valence-corrected chi connectivity index (χ3v) is 13.2. The molecule has 2 heteroatoms. The van der Waals surface area contributed by atoms with Crippen LogP contribution in [0.2, 0.25) is 0 Å². The van der Waals surface area contributed by atoms with Gasteiger partial charge in [-0.05, 0) is 115 Å². The summed E-state index contributed by atoms with van der Waals surface area (Å²) in [7, 11) is 0. The fourth-order valence-corrected chi connectivity index (χ4v) is 10.2. The summed E-state index contributed by atoms with van der Waals surface area (Å²) in [6.07, 6.45) is 0. The highest BCUT2D eigenvalue weighted by atomic mass is 15.2. The number of hydrogen-bond acceptors (Lipinski definition) is 2. The van der Waals surface area contributed by atoms with Crippen LogP contribution >= 0.6 is 0 Å². The number of fused-ring (bicyclic) bond motifs is 10. The number of hydrogen-bond donors (Lipinski definition) is 0. The number of nitrogens with zero attached hydrogens (tertiary/aromatic N) is 2. The molecule has 0 aromatic heterocycles. The van der Waals surface area contributed by atoms with E-state index in [0.717, 1.165) is 17.1 Å². The van der Waals surface area contributed by atoms with Gasteiger partial charge in [-0.1, -0.05) is 178 Å². The average molecular weight is 779 g/mol. The normalized spacial score (nSPS) is 12.9. The molecule has 0 aliphatic heterocycles. The first-order valence-electron chi connectivity index (χ1n) is 21.3. The number of anilines is 6. The SMILES string of the molecule is CC1(C)c2cc(N(c3ccccc3)c3cccc4ccccc34)ccc2-c2ccc(N(c3cc4ccccc4c4ccccc34)c3cc4ccccc4c4ccccc34)cc21. The first kappa shape index (κ1) is 35.3. The van der Waals surface area contributed by atoms with Crippen LogP contribution in [-0.2, 0) is 5.41 Å². The number of rotatable bonds is 6. The predicted octanol–water partition coefficient (Wildman–Crippen LogP) is 16.7. The van der Waals surface area contributed by atoms with Gasteiger partial charge >= 0.3 is 0 Å². The Bertz CT molecular complexity index is 3400. The Labute approximate surface area is 356 Å². The molecule has 11 aromatic carbocycles. The van der Waals surface area contributed by atoms with Crippen LogP contribution in [0.4, 0.5) is 34.1 Å². The molecule has 0 saturated heterocycles.